The molecular weight excluding hydrogens is 763 g/mol. The van der Waals surface area contributed by atoms with Crippen molar-refractivity contribution < 1.29 is 46.3 Å². The average Bonchev–Trinajstić information content (AvgIpc) is 3.42. The number of carboxylic acids is 1. The van der Waals surface area contributed by atoms with Gasteiger partial charge in [0.05, 0.1) is 10.5 Å². The van der Waals surface area contributed by atoms with Gasteiger partial charge in [0.15, 0.2) is 0 Å². The molecule has 2 aromatic carbocycles. The zero-order valence-electron chi connectivity index (χ0n) is 33.7. The summed E-state index contributed by atoms with van der Waals surface area (Å²) in [6.45, 7) is 12.9. The summed E-state index contributed by atoms with van der Waals surface area (Å²) in [5.41, 5.74) is -0.428. The van der Waals surface area contributed by atoms with Crippen LogP contribution in [0, 0.1) is 28.6 Å². The highest BCUT2D eigenvalue weighted by Crippen LogP contribution is 2.65. The molecule has 57 heavy (non-hydrogen) atoms. The summed E-state index contributed by atoms with van der Waals surface area (Å²) < 4.78 is 55.1. The van der Waals surface area contributed by atoms with Crippen LogP contribution in [-0.2, 0) is 30.8 Å². The number of sulfonamides is 1. The number of hydrogen-bond acceptors (Lipinski definition) is 7. The fraction of sp³-hybridized carbons (Fsp3) is 0.575. The molecule has 6 atom stereocenters. The molecular formula is C40H56F2N6O8S. The van der Waals surface area contributed by atoms with Crippen LogP contribution < -0.4 is 21.3 Å². The van der Waals surface area contributed by atoms with Gasteiger partial charge in [-0.2, -0.15) is 4.31 Å². The molecule has 314 valence electrons. The van der Waals surface area contributed by atoms with E-state index in [1.54, 1.807) is 51.1 Å². The highest BCUT2D eigenvalue weighted by molar-refractivity contribution is 7.89. The fourth-order valence-electron chi connectivity index (χ4n) is 7.47. The minimum atomic E-state index is -3.86. The Kier molecular flexibility index (Phi) is 14.1. The predicted molar refractivity (Wildman–Crippen MR) is 209 cm³/mol. The maximum Gasteiger partial charge on any atom is 0.335 e. The van der Waals surface area contributed by atoms with Crippen LogP contribution in [0.3, 0.4) is 0 Å². The molecule has 0 bridgehead atoms. The van der Waals surface area contributed by atoms with E-state index in [2.05, 4.69) is 21.3 Å². The Hall–Kier alpha value is -4.64. The SMILES string of the molecule is CC(C)[C@@H](CN(C)S(=O)(=O)c1ccccc1)NC(=O)N[C@H](C(=O)N1C[C@H]2[C@@H]([C@H]1C(=O)N[C@@H](CC(F)F)C(=O)NCCc1ccc(C(=O)O)cc1)C2(C)C)C(C)(C)C. The van der Waals surface area contributed by atoms with Crippen molar-refractivity contribution >= 4 is 39.7 Å². The number of likely N-dealkylation sites (N-methyl/N-ethyl adjacent to an activating group) is 1. The minimum Gasteiger partial charge on any atom is -0.478 e. The maximum atomic E-state index is 14.4. The van der Waals surface area contributed by atoms with E-state index in [0.29, 0.717) is 5.56 Å². The molecule has 1 aliphatic carbocycles. The van der Waals surface area contributed by atoms with E-state index in [0.717, 1.165) is 4.31 Å². The summed E-state index contributed by atoms with van der Waals surface area (Å²) in [6, 6.07) is 8.65. The van der Waals surface area contributed by atoms with Crippen molar-refractivity contribution in [2.45, 2.75) is 96.8 Å². The molecule has 0 spiro atoms. The Labute approximate surface area is 333 Å². The van der Waals surface area contributed by atoms with Gasteiger partial charge in [0.2, 0.25) is 34.2 Å². The number of carbonyl (C=O) groups is 5. The Morgan fingerprint density at radius 2 is 1.58 bits per heavy atom. The third-order valence-corrected chi connectivity index (χ3v) is 13.0. The molecule has 0 unspecified atom stereocenters. The smallest absolute Gasteiger partial charge is 0.335 e. The quantitative estimate of drug-likeness (QED) is 0.159. The van der Waals surface area contributed by atoms with Crippen molar-refractivity contribution in [3.05, 3.63) is 65.7 Å². The fourth-order valence-corrected chi connectivity index (χ4v) is 8.69. The molecule has 2 aromatic rings. The first-order valence-corrected chi connectivity index (χ1v) is 20.5. The minimum absolute atomic E-state index is 0.0322. The molecule has 5 N–H and O–H groups in total. The first-order valence-electron chi connectivity index (χ1n) is 19.0. The summed E-state index contributed by atoms with van der Waals surface area (Å²) in [5, 5.41) is 19.8. The second-order valence-corrected chi connectivity index (χ2v) is 19.0. The topological polar surface area (TPSA) is 194 Å². The lowest BCUT2D eigenvalue weighted by atomic mass is 9.85. The van der Waals surface area contributed by atoms with Gasteiger partial charge in [0.25, 0.3) is 0 Å². The Morgan fingerprint density at radius 3 is 2.12 bits per heavy atom. The molecule has 5 amide bonds. The van der Waals surface area contributed by atoms with Crippen molar-refractivity contribution in [1.82, 2.24) is 30.5 Å². The zero-order chi connectivity index (χ0) is 42.6. The van der Waals surface area contributed by atoms with Crippen LogP contribution in [0.2, 0.25) is 0 Å². The van der Waals surface area contributed by atoms with Gasteiger partial charge in [-0.3, -0.25) is 14.4 Å². The number of piperidine rings is 1. The second-order valence-electron chi connectivity index (χ2n) is 17.0. The van der Waals surface area contributed by atoms with E-state index in [1.165, 1.54) is 36.2 Å². The average molecular weight is 819 g/mol. The third kappa shape index (κ3) is 10.9. The standard InChI is InChI=1S/C40H56F2N6O8S/c1-23(2)29(22-47(8)57(55,56)26-12-10-9-11-13-26)45-38(54)46-33(39(3,4)5)36(51)48-21-27-31(40(27,6)7)32(48)35(50)44-28(20-30(41)42)34(49)43-19-18-24-14-16-25(17-15-24)37(52)53/h9-17,23,27-33H,18-22H2,1-8H3,(H,43,49)(H,44,50)(H,52,53)(H2,45,46,54)/t27-,28-,29+,31-,32-,33+/m0/s1. The number of aromatic carboxylic acids is 1. The van der Waals surface area contributed by atoms with E-state index in [1.807, 2.05) is 27.7 Å². The summed E-state index contributed by atoms with van der Waals surface area (Å²) in [6.07, 6.45) is -3.62. The van der Waals surface area contributed by atoms with E-state index in [4.69, 9.17) is 5.11 Å². The molecule has 14 nitrogen and oxygen atoms in total. The highest BCUT2D eigenvalue weighted by Gasteiger charge is 2.70. The van der Waals surface area contributed by atoms with E-state index in [9.17, 15) is 41.2 Å². The number of rotatable bonds is 17. The van der Waals surface area contributed by atoms with E-state index < -0.39 is 82.2 Å². The van der Waals surface area contributed by atoms with Crippen LogP contribution in [0.15, 0.2) is 59.5 Å². The van der Waals surface area contributed by atoms with Crippen molar-refractivity contribution in [1.29, 1.82) is 0 Å². The van der Waals surface area contributed by atoms with Crippen molar-refractivity contribution in [3.63, 3.8) is 0 Å². The van der Waals surface area contributed by atoms with Gasteiger partial charge in [0.1, 0.15) is 18.1 Å². The molecule has 1 heterocycles. The molecule has 2 aliphatic rings. The summed E-state index contributed by atoms with van der Waals surface area (Å²) in [7, 11) is -2.44. The summed E-state index contributed by atoms with van der Waals surface area (Å²) >= 11 is 0. The van der Waals surface area contributed by atoms with E-state index >= 15 is 0 Å². The molecule has 1 aliphatic heterocycles. The number of amides is 5. The Bertz CT molecular complexity index is 1890. The Morgan fingerprint density at radius 1 is 0.965 bits per heavy atom. The first kappa shape index (κ1) is 45.1. The number of nitrogens with zero attached hydrogens (tertiary/aromatic N) is 2. The predicted octanol–water partition coefficient (Wildman–Crippen LogP) is 3.73. The molecule has 4 rings (SSSR count). The number of likely N-dealkylation sites (tertiary alicyclic amines) is 1. The van der Waals surface area contributed by atoms with Crippen molar-refractivity contribution in [3.8, 4) is 0 Å². The number of carboxylic acid groups (broad SMARTS) is 1. The van der Waals surface area contributed by atoms with Crippen molar-refractivity contribution in [2.75, 3.05) is 26.7 Å². The largest absolute Gasteiger partial charge is 0.478 e. The van der Waals surface area contributed by atoms with Gasteiger partial charge >= 0.3 is 12.0 Å². The number of halogens is 2. The van der Waals surface area contributed by atoms with Gasteiger partial charge in [0, 0.05) is 39.1 Å². The number of carbonyl (C=O) groups excluding carboxylic acids is 4. The number of urea groups is 1. The van der Waals surface area contributed by atoms with Gasteiger partial charge in [-0.05, 0) is 64.8 Å². The number of hydrogen-bond donors (Lipinski definition) is 5. The van der Waals surface area contributed by atoms with Crippen LogP contribution in [-0.4, -0.2) is 110 Å². The van der Waals surface area contributed by atoms with Crippen LogP contribution >= 0.6 is 0 Å². The first-order chi connectivity index (χ1) is 26.5. The number of nitrogens with one attached hydrogen (secondary N) is 4. The van der Waals surface area contributed by atoms with Gasteiger partial charge in [-0.15, -0.1) is 0 Å². The molecule has 0 aromatic heterocycles. The molecule has 1 saturated carbocycles. The maximum absolute atomic E-state index is 14.4. The summed E-state index contributed by atoms with van der Waals surface area (Å²) in [5.74, 6) is -3.87. The van der Waals surface area contributed by atoms with Crippen LogP contribution in [0.5, 0.6) is 0 Å². The van der Waals surface area contributed by atoms with Gasteiger partial charge in [-0.25, -0.2) is 26.8 Å². The van der Waals surface area contributed by atoms with Gasteiger partial charge in [-0.1, -0.05) is 78.8 Å². The Balaban J connectivity index is 1.47. The molecule has 2 fully saturated rings. The lowest BCUT2D eigenvalue weighted by Gasteiger charge is -2.38. The van der Waals surface area contributed by atoms with Crippen LogP contribution in [0.4, 0.5) is 13.6 Å². The number of fused-ring (bicyclic) bond motifs is 1. The lowest BCUT2D eigenvalue weighted by Crippen LogP contribution is -2.62. The number of benzene rings is 2. The molecule has 17 heteroatoms. The highest BCUT2D eigenvalue weighted by atomic mass is 32.2. The third-order valence-electron chi connectivity index (χ3n) is 11.1. The summed E-state index contributed by atoms with van der Waals surface area (Å²) in [4.78, 5) is 67.8. The number of alkyl halides is 2. The van der Waals surface area contributed by atoms with Crippen LogP contribution in [0.25, 0.3) is 0 Å². The van der Waals surface area contributed by atoms with Gasteiger partial charge < -0.3 is 31.3 Å². The van der Waals surface area contributed by atoms with Crippen molar-refractivity contribution in [2.24, 2.45) is 28.6 Å². The monoisotopic (exact) mass is 818 g/mol. The second kappa shape index (κ2) is 17.9. The molecule has 1 saturated heterocycles. The normalized spacial score (nSPS) is 20.4. The van der Waals surface area contributed by atoms with Crippen LogP contribution in [0.1, 0.15) is 70.8 Å². The lowest BCUT2D eigenvalue weighted by molar-refractivity contribution is -0.144. The van der Waals surface area contributed by atoms with E-state index in [-0.39, 0.29) is 59.7 Å². The zero-order valence-corrected chi connectivity index (χ0v) is 34.5. The molecule has 0 radical (unpaired) electrons.